The molecule has 0 unspecified atom stereocenters. The van der Waals surface area contributed by atoms with Crippen LogP contribution in [-0.4, -0.2) is 31.1 Å². The summed E-state index contributed by atoms with van der Waals surface area (Å²) in [4.78, 5) is 2.36. The van der Waals surface area contributed by atoms with E-state index in [0.717, 1.165) is 39.0 Å². The lowest BCUT2D eigenvalue weighted by atomic mass is 9.79. The van der Waals surface area contributed by atoms with Gasteiger partial charge in [-0.05, 0) is 31.2 Å². The fourth-order valence-corrected chi connectivity index (χ4v) is 4.05. The smallest absolute Gasteiger partial charge is 0.163 e. The summed E-state index contributed by atoms with van der Waals surface area (Å²) in [6.45, 7) is 5.31. The second-order valence-electron chi connectivity index (χ2n) is 6.73. The largest absolute Gasteiger partial charge is 0.314 e. The number of benzene rings is 1. The number of nitrogens with one attached hydrogen (secondary N) is 1. The summed E-state index contributed by atoms with van der Waals surface area (Å²) in [5.41, 5.74) is 0.959. The van der Waals surface area contributed by atoms with Gasteiger partial charge in [0.15, 0.2) is 11.6 Å². The quantitative estimate of drug-likeness (QED) is 0.883. The molecular formula is C18H27ClF2N2. The monoisotopic (exact) mass is 344 g/mol. The summed E-state index contributed by atoms with van der Waals surface area (Å²) < 4.78 is 28.7. The molecule has 5 heteroatoms. The molecule has 1 aliphatic carbocycles. The van der Waals surface area contributed by atoms with Gasteiger partial charge in [0.05, 0.1) is 0 Å². The number of hydrogen-bond acceptors (Lipinski definition) is 2. The number of piperazine rings is 1. The Morgan fingerprint density at radius 1 is 1.04 bits per heavy atom. The third kappa shape index (κ3) is 4.04. The Hall–Kier alpha value is -0.710. The van der Waals surface area contributed by atoms with Crippen molar-refractivity contribution in [2.75, 3.05) is 26.2 Å². The Morgan fingerprint density at radius 3 is 2.35 bits per heavy atom. The predicted molar refractivity (Wildman–Crippen MR) is 92.1 cm³/mol. The van der Waals surface area contributed by atoms with Crippen LogP contribution in [-0.2, 0) is 0 Å². The average Bonchev–Trinajstić information content (AvgIpc) is 2.57. The molecule has 0 spiro atoms. The van der Waals surface area contributed by atoms with E-state index in [-0.39, 0.29) is 18.4 Å². The van der Waals surface area contributed by atoms with Gasteiger partial charge in [-0.2, -0.15) is 0 Å². The average molecular weight is 345 g/mol. The minimum Gasteiger partial charge on any atom is -0.314 e. The standard InChI is InChI=1S/C18H26F2N2.ClH/c1-13-7-8-15(17(20)16(13)19)18(14-5-3-2-4-6-14)22-11-9-21-10-12-22;/h7-8,14,18,21H,2-6,9-12H2,1H3;1H/t18-;/m1./s1. The highest BCUT2D eigenvalue weighted by Gasteiger charge is 2.33. The van der Waals surface area contributed by atoms with Crippen LogP contribution in [0, 0.1) is 24.5 Å². The predicted octanol–water partition coefficient (Wildman–Crippen LogP) is 4.22. The molecule has 1 saturated heterocycles. The van der Waals surface area contributed by atoms with Gasteiger partial charge in [0.2, 0.25) is 0 Å². The molecule has 1 aromatic rings. The molecule has 1 heterocycles. The van der Waals surface area contributed by atoms with Gasteiger partial charge in [-0.3, -0.25) is 4.90 Å². The van der Waals surface area contributed by atoms with Gasteiger partial charge >= 0.3 is 0 Å². The highest BCUT2D eigenvalue weighted by atomic mass is 35.5. The lowest BCUT2D eigenvalue weighted by Gasteiger charge is -2.41. The number of hydrogen-bond donors (Lipinski definition) is 1. The fraction of sp³-hybridized carbons (Fsp3) is 0.667. The van der Waals surface area contributed by atoms with Crippen molar-refractivity contribution in [3.63, 3.8) is 0 Å². The van der Waals surface area contributed by atoms with E-state index in [4.69, 9.17) is 0 Å². The first-order chi connectivity index (χ1) is 10.7. The van der Waals surface area contributed by atoms with Crippen LogP contribution < -0.4 is 5.32 Å². The molecule has 2 aliphatic rings. The molecule has 1 N–H and O–H groups in total. The molecule has 1 atom stereocenters. The third-order valence-electron chi connectivity index (χ3n) is 5.27. The summed E-state index contributed by atoms with van der Waals surface area (Å²) in [7, 11) is 0. The number of aryl methyl sites for hydroxylation is 1. The van der Waals surface area contributed by atoms with E-state index in [0.29, 0.717) is 17.0 Å². The van der Waals surface area contributed by atoms with Crippen LogP contribution in [0.2, 0.25) is 0 Å². The minimum atomic E-state index is -0.673. The Morgan fingerprint density at radius 2 is 1.70 bits per heavy atom. The van der Waals surface area contributed by atoms with Crippen LogP contribution in [0.25, 0.3) is 0 Å². The Labute approximate surface area is 144 Å². The zero-order valence-electron chi connectivity index (χ0n) is 13.8. The molecule has 2 fully saturated rings. The van der Waals surface area contributed by atoms with Crippen molar-refractivity contribution in [2.24, 2.45) is 5.92 Å². The molecule has 0 amide bonds. The second kappa shape index (κ2) is 8.41. The van der Waals surface area contributed by atoms with E-state index in [1.165, 1.54) is 19.3 Å². The van der Waals surface area contributed by atoms with Gasteiger partial charge in [-0.25, -0.2) is 8.78 Å². The molecular weight excluding hydrogens is 318 g/mol. The van der Waals surface area contributed by atoms with Crippen molar-refractivity contribution >= 4 is 12.4 Å². The van der Waals surface area contributed by atoms with Gasteiger partial charge in [0.1, 0.15) is 0 Å². The molecule has 1 aromatic carbocycles. The van der Waals surface area contributed by atoms with Gasteiger partial charge in [0, 0.05) is 37.8 Å². The Kier molecular flexibility index (Phi) is 6.81. The summed E-state index contributed by atoms with van der Waals surface area (Å²) in [5.74, 6) is -0.856. The van der Waals surface area contributed by atoms with Gasteiger partial charge in [-0.1, -0.05) is 31.4 Å². The van der Waals surface area contributed by atoms with Crippen LogP contribution >= 0.6 is 12.4 Å². The zero-order chi connectivity index (χ0) is 15.5. The van der Waals surface area contributed by atoms with Crippen molar-refractivity contribution < 1.29 is 8.78 Å². The maximum atomic E-state index is 14.6. The number of nitrogens with zero attached hydrogens (tertiary/aromatic N) is 1. The van der Waals surface area contributed by atoms with E-state index >= 15 is 0 Å². The van der Waals surface area contributed by atoms with E-state index in [2.05, 4.69) is 10.2 Å². The Bertz CT molecular complexity index is 494. The van der Waals surface area contributed by atoms with E-state index in [1.807, 2.05) is 6.07 Å². The first-order valence-corrected chi connectivity index (χ1v) is 8.57. The molecule has 1 aliphatic heterocycles. The SMILES string of the molecule is Cc1ccc([C@@H](C2CCCCC2)N2CCNCC2)c(F)c1F.Cl. The number of rotatable bonds is 3. The highest BCUT2D eigenvalue weighted by molar-refractivity contribution is 5.85. The van der Waals surface area contributed by atoms with Crippen LogP contribution in [0.15, 0.2) is 12.1 Å². The summed E-state index contributed by atoms with van der Waals surface area (Å²) in [6.07, 6.45) is 5.95. The topological polar surface area (TPSA) is 15.3 Å². The van der Waals surface area contributed by atoms with Crippen molar-refractivity contribution in [2.45, 2.75) is 45.1 Å². The lowest BCUT2D eigenvalue weighted by Crippen LogP contribution is -2.47. The summed E-state index contributed by atoms with van der Waals surface area (Å²) >= 11 is 0. The van der Waals surface area contributed by atoms with E-state index in [1.54, 1.807) is 13.0 Å². The second-order valence-corrected chi connectivity index (χ2v) is 6.73. The summed E-state index contributed by atoms with van der Waals surface area (Å²) in [6, 6.07) is 3.57. The molecule has 1 saturated carbocycles. The van der Waals surface area contributed by atoms with Crippen molar-refractivity contribution in [1.29, 1.82) is 0 Å². The van der Waals surface area contributed by atoms with Crippen molar-refractivity contribution in [3.8, 4) is 0 Å². The fourth-order valence-electron chi connectivity index (χ4n) is 4.05. The first kappa shape index (κ1) is 18.6. The van der Waals surface area contributed by atoms with Crippen LogP contribution in [0.4, 0.5) is 8.78 Å². The molecule has 3 rings (SSSR count). The number of halogens is 3. The normalized spacial score (nSPS) is 21.7. The van der Waals surface area contributed by atoms with Gasteiger partial charge in [-0.15, -0.1) is 12.4 Å². The summed E-state index contributed by atoms with van der Waals surface area (Å²) in [5, 5.41) is 3.35. The Balaban J connectivity index is 0.00000192. The molecule has 23 heavy (non-hydrogen) atoms. The third-order valence-corrected chi connectivity index (χ3v) is 5.27. The van der Waals surface area contributed by atoms with Crippen LogP contribution in [0.5, 0.6) is 0 Å². The molecule has 0 radical (unpaired) electrons. The molecule has 2 nitrogen and oxygen atoms in total. The zero-order valence-corrected chi connectivity index (χ0v) is 14.6. The van der Waals surface area contributed by atoms with E-state index in [9.17, 15) is 8.78 Å². The first-order valence-electron chi connectivity index (χ1n) is 8.57. The maximum absolute atomic E-state index is 14.6. The maximum Gasteiger partial charge on any atom is 0.163 e. The van der Waals surface area contributed by atoms with Crippen LogP contribution in [0.1, 0.15) is 49.3 Å². The molecule has 0 aromatic heterocycles. The minimum absolute atomic E-state index is 0. The van der Waals surface area contributed by atoms with Crippen molar-refractivity contribution in [1.82, 2.24) is 10.2 Å². The van der Waals surface area contributed by atoms with E-state index < -0.39 is 11.6 Å². The highest BCUT2D eigenvalue weighted by Crippen LogP contribution is 2.40. The van der Waals surface area contributed by atoms with Gasteiger partial charge < -0.3 is 5.32 Å². The molecule has 130 valence electrons. The van der Waals surface area contributed by atoms with Crippen molar-refractivity contribution in [3.05, 3.63) is 34.9 Å². The van der Waals surface area contributed by atoms with Crippen LogP contribution in [0.3, 0.4) is 0 Å². The molecule has 0 bridgehead atoms. The van der Waals surface area contributed by atoms with Gasteiger partial charge in [0.25, 0.3) is 0 Å². The lowest BCUT2D eigenvalue weighted by molar-refractivity contribution is 0.0999.